The molecule has 49 heavy (non-hydrogen) atoms. The van der Waals surface area contributed by atoms with Gasteiger partial charge in [-0.25, -0.2) is 4.98 Å². The third-order valence-electron chi connectivity index (χ3n) is 10.2. The normalized spacial score (nSPS) is 20.5. The maximum atomic E-state index is 11.9. The summed E-state index contributed by atoms with van der Waals surface area (Å²) in [6.45, 7) is 3.57. The van der Waals surface area contributed by atoms with E-state index in [-0.39, 0.29) is 23.6 Å². The van der Waals surface area contributed by atoms with Crippen molar-refractivity contribution < 1.29 is 19.4 Å². The lowest BCUT2D eigenvalue weighted by molar-refractivity contribution is -0.134. The summed E-state index contributed by atoms with van der Waals surface area (Å²) in [5.41, 5.74) is 9.81. The second-order valence-corrected chi connectivity index (χ2v) is 13.3. The third-order valence-corrected chi connectivity index (χ3v) is 10.2. The van der Waals surface area contributed by atoms with E-state index in [4.69, 9.17) is 10.5 Å². The van der Waals surface area contributed by atoms with Crippen LogP contribution in [0.25, 0.3) is 22.5 Å². The van der Waals surface area contributed by atoms with Crippen molar-refractivity contribution in [1.82, 2.24) is 30.0 Å². The molecule has 256 valence electrons. The number of aromatic nitrogens is 4. The van der Waals surface area contributed by atoms with Gasteiger partial charge in [0.15, 0.2) is 5.82 Å². The van der Waals surface area contributed by atoms with Crippen LogP contribution in [0.15, 0.2) is 67.1 Å². The Labute approximate surface area is 286 Å². The number of likely N-dealkylation sites (tertiary alicyclic amines) is 1. The van der Waals surface area contributed by atoms with Crippen molar-refractivity contribution in [2.45, 2.75) is 75.9 Å². The number of fused-ring (bicyclic) bond motifs is 1. The van der Waals surface area contributed by atoms with Gasteiger partial charge in [0.1, 0.15) is 24.1 Å². The zero-order valence-corrected chi connectivity index (χ0v) is 27.7. The maximum Gasteiger partial charge on any atom is 0.249 e. The van der Waals surface area contributed by atoms with E-state index in [9.17, 15) is 14.7 Å². The predicted molar refractivity (Wildman–Crippen MR) is 187 cm³/mol. The lowest BCUT2D eigenvalue weighted by Gasteiger charge is -2.39. The zero-order valence-electron chi connectivity index (χ0n) is 27.7. The molecule has 5 heterocycles. The first kappa shape index (κ1) is 32.6. The number of nitrogens with zero attached hydrogens (tertiary/aromatic N) is 6. The number of anilines is 2. The van der Waals surface area contributed by atoms with E-state index in [1.807, 2.05) is 53.7 Å². The molecule has 12 nitrogen and oxygen atoms in total. The van der Waals surface area contributed by atoms with Crippen molar-refractivity contribution in [3.8, 4) is 34.0 Å². The van der Waals surface area contributed by atoms with E-state index in [1.165, 1.54) is 45.2 Å². The van der Waals surface area contributed by atoms with Crippen LogP contribution in [0.2, 0.25) is 0 Å². The summed E-state index contributed by atoms with van der Waals surface area (Å²) >= 11 is 0. The van der Waals surface area contributed by atoms with Crippen LogP contribution in [0.4, 0.5) is 11.5 Å². The molecule has 2 amide bonds. The highest BCUT2D eigenvalue weighted by Crippen LogP contribution is 2.35. The number of para-hydroxylation sites is 3. The van der Waals surface area contributed by atoms with Gasteiger partial charge in [0.05, 0.1) is 29.9 Å². The van der Waals surface area contributed by atoms with Gasteiger partial charge < -0.3 is 29.9 Å². The van der Waals surface area contributed by atoms with Crippen molar-refractivity contribution in [2.75, 3.05) is 36.9 Å². The van der Waals surface area contributed by atoms with Crippen LogP contribution in [0, 0.1) is 0 Å². The predicted octanol–water partition coefficient (Wildman–Crippen LogP) is 4.96. The van der Waals surface area contributed by atoms with E-state index < -0.39 is 0 Å². The molecule has 3 fully saturated rings. The Kier molecular flexibility index (Phi) is 9.74. The number of imide groups is 1. The first-order chi connectivity index (χ1) is 23.9. The number of nitrogen functional groups attached to an aromatic ring is 1. The number of ether oxygens (including phenoxy) is 1. The van der Waals surface area contributed by atoms with Crippen LogP contribution < -0.4 is 20.7 Å². The molecule has 0 radical (unpaired) electrons. The average molecular weight is 665 g/mol. The summed E-state index contributed by atoms with van der Waals surface area (Å²) in [7, 11) is 0. The third kappa shape index (κ3) is 7.24. The Balaban J connectivity index is 0.000000178. The van der Waals surface area contributed by atoms with Crippen molar-refractivity contribution in [1.29, 1.82) is 0 Å². The molecule has 2 saturated heterocycles. The molecule has 1 atom stereocenters. The molecule has 3 aliphatic heterocycles. The molecule has 4 aromatic rings. The number of hydrogen-bond donors (Lipinski definition) is 3. The minimum atomic E-state index is -0.271. The molecule has 0 spiro atoms. The molecular formula is C37H44N8O4. The van der Waals surface area contributed by atoms with Gasteiger partial charge in [0.25, 0.3) is 0 Å². The molecule has 8 rings (SSSR count). The van der Waals surface area contributed by atoms with Crippen LogP contribution in [0.5, 0.6) is 11.5 Å². The molecule has 1 saturated carbocycles. The molecule has 2 aromatic heterocycles. The molecule has 12 heteroatoms. The van der Waals surface area contributed by atoms with Gasteiger partial charge in [-0.1, -0.05) is 43.5 Å². The summed E-state index contributed by atoms with van der Waals surface area (Å²) in [6.07, 6.45) is 14.2. The van der Waals surface area contributed by atoms with Gasteiger partial charge in [0.2, 0.25) is 11.8 Å². The smallest absolute Gasteiger partial charge is 0.249 e. The van der Waals surface area contributed by atoms with E-state index >= 15 is 0 Å². The summed E-state index contributed by atoms with van der Waals surface area (Å²) < 4.78 is 7.79. The topological polar surface area (TPSA) is 152 Å². The number of rotatable bonds is 5. The highest BCUT2D eigenvalue weighted by molar-refractivity contribution is 6.01. The number of phenols is 1. The van der Waals surface area contributed by atoms with Crippen LogP contribution in [-0.2, 0) is 9.59 Å². The number of nitrogens with two attached hydrogens (primary N) is 1. The largest absolute Gasteiger partial charge is 0.507 e. The molecule has 1 unspecified atom stereocenters. The Bertz CT molecular complexity index is 1780. The number of benzene rings is 2. The molecule has 2 aromatic carbocycles. The number of hydrogen-bond acceptors (Lipinski definition) is 10. The van der Waals surface area contributed by atoms with Gasteiger partial charge in [-0.05, 0) is 62.4 Å². The summed E-state index contributed by atoms with van der Waals surface area (Å²) in [5, 5.41) is 20.8. The SMILES string of the molecule is Nc1nnc(-c2ccccc2O)cc1-c1cn(C2CCN(C3CCCCC3)CC2)cn1.O=C1CCC(N2CCOc3ccccc32)C(=O)N1. The van der Waals surface area contributed by atoms with Gasteiger partial charge in [-0.2, -0.15) is 0 Å². The van der Waals surface area contributed by atoms with E-state index in [1.54, 1.807) is 12.1 Å². The fourth-order valence-electron chi connectivity index (χ4n) is 7.59. The number of nitrogens with one attached hydrogen (secondary N) is 1. The highest BCUT2D eigenvalue weighted by atomic mass is 16.5. The quantitative estimate of drug-likeness (QED) is 0.250. The van der Waals surface area contributed by atoms with Gasteiger partial charge >= 0.3 is 0 Å². The van der Waals surface area contributed by atoms with Crippen molar-refractivity contribution in [3.63, 3.8) is 0 Å². The number of piperidine rings is 2. The fourth-order valence-corrected chi connectivity index (χ4v) is 7.59. The monoisotopic (exact) mass is 664 g/mol. The molecule has 0 bridgehead atoms. The Morgan fingerprint density at radius 2 is 1.61 bits per heavy atom. The molecule has 4 N–H and O–H groups in total. The van der Waals surface area contributed by atoms with Crippen LogP contribution in [0.3, 0.4) is 0 Å². The number of imidazole rings is 1. The number of aromatic hydroxyl groups is 1. The zero-order chi connectivity index (χ0) is 33.7. The standard InChI is InChI=1S/C24H30N6O.C13H14N2O3/c25-24-20(14-21(27-28-24)19-8-4-5-9-23(19)31)22-15-30(16-26-22)18-10-12-29(13-11-18)17-6-2-1-3-7-17;16-12-6-5-10(13(17)14-12)15-7-8-18-11-4-2-1-3-9(11)15/h4-5,8-9,14-18,31H,1-3,6-7,10-13H2,(H2,25,28);1-4,10H,5-8H2,(H,14,16,17). The van der Waals surface area contributed by atoms with Gasteiger partial charge in [-0.3, -0.25) is 14.9 Å². The minimum absolute atomic E-state index is 0.169. The van der Waals surface area contributed by atoms with Crippen molar-refractivity contribution in [2.24, 2.45) is 0 Å². The Morgan fingerprint density at radius 1 is 0.837 bits per heavy atom. The number of phenolic OH excluding ortho intramolecular Hbond substituents is 1. The molecule has 1 aliphatic carbocycles. The Hall–Kier alpha value is -4.97. The Morgan fingerprint density at radius 3 is 2.41 bits per heavy atom. The molecular weight excluding hydrogens is 620 g/mol. The first-order valence-corrected chi connectivity index (χ1v) is 17.5. The second kappa shape index (κ2) is 14.7. The lowest BCUT2D eigenvalue weighted by atomic mass is 9.92. The van der Waals surface area contributed by atoms with Crippen LogP contribution >= 0.6 is 0 Å². The maximum absolute atomic E-state index is 11.9. The first-order valence-electron chi connectivity index (χ1n) is 17.5. The van der Waals surface area contributed by atoms with E-state index in [0.717, 1.165) is 41.6 Å². The van der Waals surface area contributed by atoms with Crippen LogP contribution in [-0.4, -0.2) is 79.9 Å². The highest BCUT2D eigenvalue weighted by Gasteiger charge is 2.34. The summed E-state index contributed by atoms with van der Waals surface area (Å²) in [4.78, 5) is 32.4. The van der Waals surface area contributed by atoms with E-state index in [2.05, 4.69) is 36.2 Å². The van der Waals surface area contributed by atoms with E-state index in [0.29, 0.717) is 49.1 Å². The fraction of sp³-hybridized carbons (Fsp3) is 0.432. The number of carbonyl (C=O) groups is 2. The summed E-state index contributed by atoms with van der Waals surface area (Å²) in [6, 6.07) is 17.6. The number of carbonyl (C=O) groups excluding carboxylic acids is 2. The average Bonchev–Trinajstić information content (AvgIpc) is 3.63. The minimum Gasteiger partial charge on any atom is -0.507 e. The summed E-state index contributed by atoms with van der Waals surface area (Å²) in [5.74, 6) is 0.925. The van der Waals surface area contributed by atoms with Crippen molar-refractivity contribution >= 4 is 23.3 Å². The number of amides is 2. The lowest BCUT2D eigenvalue weighted by Crippen LogP contribution is -2.54. The van der Waals surface area contributed by atoms with Gasteiger partial charge in [-0.15, -0.1) is 10.2 Å². The van der Waals surface area contributed by atoms with Crippen molar-refractivity contribution in [3.05, 3.63) is 67.1 Å². The second-order valence-electron chi connectivity index (χ2n) is 13.3. The molecule has 4 aliphatic rings. The van der Waals surface area contributed by atoms with Gasteiger partial charge in [0, 0.05) is 48.9 Å². The van der Waals surface area contributed by atoms with Crippen LogP contribution in [0.1, 0.15) is 63.8 Å².